The maximum atomic E-state index is 5.95. The lowest BCUT2D eigenvalue weighted by Crippen LogP contribution is -2.37. The Bertz CT molecular complexity index is 395. The van der Waals surface area contributed by atoms with Crippen molar-refractivity contribution in [3.05, 3.63) is 22.9 Å². The van der Waals surface area contributed by atoms with Gasteiger partial charge in [-0.3, -0.25) is 4.98 Å². The summed E-state index contributed by atoms with van der Waals surface area (Å²) in [4.78, 5) is 4.20. The number of hydrogen-bond acceptors (Lipinski definition) is 3. The van der Waals surface area contributed by atoms with Gasteiger partial charge >= 0.3 is 0 Å². The minimum Gasteiger partial charge on any atom is -0.381 e. The molecule has 1 aromatic heterocycles. The number of halogens is 1. The van der Waals surface area contributed by atoms with Crippen molar-refractivity contribution >= 4 is 21.6 Å². The van der Waals surface area contributed by atoms with Crippen molar-refractivity contribution in [1.82, 2.24) is 4.98 Å². The number of nitrogens with zero attached hydrogens (tertiary/aromatic N) is 1. The highest BCUT2D eigenvalue weighted by molar-refractivity contribution is 9.10. The summed E-state index contributed by atoms with van der Waals surface area (Å²) in [5, 5.41) is 3.58. The molecule has 2 atom stereocenters. The molecule has 19 heavy (non-hydrogen) atoms. The van der Waals surface area contributed by atoms with Crippen LogP contribution in [0.1, 0.15) is 39.5 Å². The molecule has 1 aliphatic heterocycles. The van der Waals surface area contributed by atoms with Crippen LogP contribution >= 0.6 is 15.9 Å². The summed E-state index contributed by atoms with van der Waals surface area (Å²) < 4.78 is 6.96. The van der Waals surface area contributed by atoms with Crippen LogP contribution in [-0.4, -0.2) is 23.7 Å². The molecule has 106 valence electrons. The third-order valence-corrected chi connectivity index (χ3v) is 4.40. The number of pyridine rings is 1. The lowest BCUT2D eigenvalue weighted by atomic mass is 9.89. The molecule has 0 spiro atoms. The largest absolute Gasteiger partial charge is 0.381 e. The van der Waals surface area contributed by atoms with Gasteiger partial charge in [-0.1, -0.05) is 26.7 Å². The first kappa shape index (κ1) is 14.8. The van der Waals surface area contributed by atoms with E-state index in [9.17, 15) is 0 Å². The Morgan fingerprint density at radius 1 is 1.42 bits per heavy atom. The van der Waals surface area contributed by atoms with Gasteiger partial charge in [0.2, 0.25) is 0 Å². The highest BCUT2D eigenvalue weighted by atomic mass is 79.9. The minimum absolute atomic E-state index is 0.404. The third kappa shape index (κ3) is 4.18. The Labute approximate surface area is 124 Å². The number of ether oxygens (including phenoxy) is 1. The van der Waals surface area contributed by atoms with E-state index in [4.69, 9.17) is 4.74 Å². The van der Waals surface area contributed by atoms with Crippen LogP contribution in [0.3, 0.4) is 0 Å². The molecule has 2 unspecified atom stereocenters. The van der Waals surface area contributed by atoms with Crippen molar-refractivity contribution in [1.29, 1.82) is 0 Å². The number of nitrogens with one attached hydrogen (secondary N) is 1. The van der Waals surface area contributed by atoms with Gasteiger partial charge in [-0.2, -0.15) is 0 Å². The van der Waals surface area contributed by atoms with Gasteiger partial charge in [0.05, 0.1) is 18.0 Å². The average molecular weight is 327 g/mol. The first-order valence-electron chi connectivity index (χ1n) is 7.21. The summed E-state index contributed by atoms with van der Waals surface area (Å²) in [7, 11) is 0. The number of aromatic nitrogens is 1. The standard InChI is InChI=1S/C15H23BrN2O/c1-3-11(4-2)15-8-13(5-6-19-15)18-14-7-12(16)9-17-10-14/h7,9-11,13,15,18H,3-6,8H2,1-2H3. The number of hydrogen-bond donors (Lipinski definition) is 1. The van der Waals surface area contributed by atoms with Gasteiger partial charge in [-0.05, 0) is 40.8 Å². The molecule has 1 fully saturated rings. The van der Waals surface area contributed by atoms with Crippen LogP contribution in [-0.2, 0) is 4.74 Å². The molecule has 1 N–H and O–H groups in total. The van der Waals surface area contributed by atoms with Gasteiger partial charge in [0, 0.05) is 23.3 Å². The Balaban J connectivity index is 1.94. The van der Waals surface area contributed by atoms with Crippen molar-refractivity contribution in [3.8, 4) is 0 Å². The van der Waals surface area contributed by atoms with E-state index < -0.39 is 0 Å². The van der Waals surface area contributed by atoms with E-state index in [1.165, 1.54) is 12.8 Å². The van der Waals surface area contributed by atoms with Crippen molar-refractivity contribution in [2.24, 2.45) is 5.92 Å². The first-order chi connectivity index (χ1) is 9.22. The van der Waals surface area contributed by atoms with E-state index in [-0.39, 0.29) is 0 Å². The predicted octanol–water partition coefficient (Wildman–Crippen LogP) is 4.24. The second kappa shape index (κ2) is 7.25. The molecule has 1 aliphatic rings. The molecular formula is C15H23BrN2O. The normalized spacial score (nSPS) is 23.6. The van der Waals surface area contributed by atoms with Crippen LogP contribution in [0.2, 0.25) is 0 Å². The second-order valence-electron chi connectivity index (χ2n) is 5.24. The summed E-state index contributed by atoms with van der Waals surface area (Å²) in [5.41, 5.74) is 1.09. The van der Waals surface area contributed by atoms with Crippen molar-refractivity contribution < 1.29 is 4.74 Å². The fourth-order valence-electron chi connectivity index (χ4n) is 2.83. The molecule has 0 aliphatic carbocycles. The lowest BCUT2D eigenvalue weighted by Gasteiger charge is -2.34. The van der Waals surface area contributed by atoms with Crippen LogP contribution in [0.15, 0.2) is 22.9 Å². The topological polar surface area (TPSA) is 34.2 Å². The smallest absolute Gasteiger partial charge is 0.0622 e. The molecule has 0 amide bonds. The summed E-state index contributed by atoms with van der Waals surface area (Å²) in [6.07, 6.45) is 8.66. The second-order valence-corrected chi connectivity index (χ2v) is 6.16. The quantitative estimate of drug-likeness (QED) is 0.878. The molecule has 0 saturated carbocycles. The minimum atomic E-state index is 0.404. The van der Waals surface area contributed by atoms with Crippen LogP contribution < -0.4 is 5.32 Å². The summed E-state index contributed by atoms with van der Waals surface area (Å²) in [5.74, 6) is 0.685. The Hall–Kier alpha value is -0.610. The lowest BCUT2D eigenvalue weighted by molar-refractivity contribution is -0.0271. The zero-order chi connectivity index (χ0) is 13.7. The Morgan fingerprint density at radius 3 is 2.89 bits per heavy atom. The fraction of sp³-hybridized carbons (Fsp3) is 0.667. The molecule has 1 aromatic rings. The monoisotopic (exact) mass is 326 g/mol. The molecule has 0 bridgehead atoms. The van der Waals surface area contributed by atoms with E-state index in [0.717, 1.165) is 29.6 Å². The van der Waals surface area contributed by atoms with Crippen molar-refractivity contribution in [2.45, 2.75) is 51.7 Å². The van der Waals surface area contributed by atoms with E-state index in [0.29, 0.717) is 18.1 Å². The fourth-order valence-corrected chi connectivity index (χ4v) is 3.19. The summed E-state index contributed by atoms with van der Waals surface area (Å²) >= 11 is 3.46. The molecule has 4 heteroatoms. The highest BCUT2D eigenvalue weighted by Gasteiger charge is 2.27. The summed E-state index contributed by atoms with van der Waals surface area (Å²) in [6, 6.07) is 2.57. The maximum Gasteiger partial charge on any atom is 0.0622 e. The van der Waals surface area contributed by atoms with E-state index >= 15 is 0 Å². The molecule has 0 radical (unpaired) electrons. The zero-order valence-electron chi connectivity index (χ0n) is 11.7. The Morgan fingerprint density at radius 2 is 2.21 bits per heavy atom. The Kier molecular flexibility index (Phi) is 5.64. The van der Waals surface area contributed by atoms with Gasteiger partial charge in [0.1, 0.15) is 0 Å². The van der Waals surface area contributed by atoms with Gasteiger partial charge < -0.3 is 10.1 Å². The molecule has 3 nitrogen and oxygen atoms in total. The van der Waals surface area contributed by atoms with Crippen LogP contribution in [0.25, 0.3) is 0 Å². The maximum absolute atomic E-state index is 5.95. The molecule has 1 saturated heterocycles. The number of anilines is 1. The number of rotatable bonds is 5. The molecular weight excluding hydrogens is 304 g/mol. The predicted molar refractivity (Wildman–Crippen MR) is 82.4 cm³/mol. The molecule has 2 heterocycles. The van der Waals surface area contributed by atoms with Crippen molar-refractivity contribution in [2.75, 3.05) is 11.9 Å². The SMILES string of the molecule is CCC(CC)C1CC(Nc2cncc(Br)c2)CCO1. The van der Waals surface area contributed by atoms with Gasteiger partial charge in [0.15, 0.2) is 0 Å². The highest BCUT2D eigenvalue weighted by Crippen LogP contribution is 2.27. The molecule has 0 aromatic carbocycles. The summed E-state index contributed by atoms with van der Waals surface area (Å²) in [6.45, 7) is 5.37. The van der Waals surface area contributed by atoms with Crippen LogP contribution in [0.5, 0.6) is 0 Å². The van der Waals surface area contributed by atoms with Gasteiger partial charge in [-0.15, -0.1) is 0 Å². The van der Waals surface area contributed by atoms with Gasteiger partial charge in [-0.25, -0.2) is 0 Å². The third-order valence-electron chi connectivity index (χ3n) is 3.97. The van der Waals surface area contributed by atoms with E-state index in [2.05, 4.69) is 46.1 Å². The van der Waals surface area contributed by atoms with E-state index in [1.54, 1.807) is 0 Å². The van der Waals surface area contributed by atoms with Crippen LogP contribution in [0, 0.1) is 5.92 Å². The first-order valence-corrected chi connectivity index (χ1v) is 8.00. The van der Waals surface area contributed by atoms with Crippen LogP contribution in [0.4, 0.5) is 5.69 Å². The zero-order valence-corrected chi connectivity index (χ0v) is 13.3. The van der Waals surface area contributed by atoms with Gasteiger partial charge in [0.25, 0.3) is 0 Å². The van der Waals surface area contributed by atoms with Crippen molar-refractivity contribution in [3.63, 3.8) is 0 Å². The average Bonchev–Trinajstić information content (AvgIpc) is 2.41. The molecule has 2 rings (SSSR count). The van der Waals surface area contributed by atoms with E-state index in [1.807, 2.05) is 12.4 Å².